The van der Waals surface area contributed by atoms with Crippen LogP contribution < -0.4 is 0 Å². The number of hydrogen-bond acceptors (Lipinski definition) is 10. The predicted octanol–water partition coefficient (Wildman–Crippen LogP) is 2.27. The minimum atomic E-state index is -1.26. The van der Waals surface area contributed by atoms with Crippen molar-refractivity contribution in [2.45, 2.75) is 104 Å². The van der Waals surface area contributed by atoms with Gasteiger partial charge in [-0.3, -0.25) is 19.3 Å². The van der Waals surface area contributed by atoms with Crippen LogP contribution in [0.15, 0.2) is 0 Å². The number of carbonyl (C=O) groups is 3. The molecule has 0 spiro atoms. The Morgan fingerprint density at radius 1 is 1.15 bits per heavy atom. The summed E-state index contributed by atoms with van der Waals surface area (Å²) < 4.78 is 10.8. The number of hydroxylamine groups is 2. The molecule has 34 heavy (non-hydrogen) atoms. The minimum absolute atomic E-state index is 0.134. The molecule has 1 heterocycles. The van der Waals surface area contributed by atoms with E-state index in [9.17, 15) is 24.5 Å². The summed E-state index contributed by atoms with van der Waals surface area (Å²) in [6.07, 6.45) is 0.773. The molecule has 1 saturated heterocycles. The Labute approximate surface area is 200 Å². The van der Waals surface area contributed by atoms with Gasteiger partial charge in [0.1, 0.15) is 11.7 Å². The fourth-order valence-electron chi connectivity index (χ4n) is 3.61. The number of esters is 2. The first-order valence-corrected chi connectivity index (χ1v) is 11.5. The van der Waals surface area contributed by atoms with Gasteiger partial charge in [-0.15, -0.1) is 10.1 Å². The molecule has 1 amide bonds. The van der Waals surface area contributed by atoms with Crippen LogP contribution in [0.3, 0.4) is 0 Å². The highest BCUT2D eigenvalue weighted by atomic mass is 17.0. The molecule has 0 radical (unpaired) electrons. The molecule has 1 unspecified atom stereocenters. The molecule has 1 aliphatic rings. The Kier molecular flexibility index (Phi) is 11.2. The highest BCUT2D eigenvalue weighted by molar-refractivity contribution is 5.80. The SMILES string of the molecule is CCCOC(=O)[C@H](C(CC(=O)OC(C)(C)C)N1CCC(O[N+](=O)[O-])CC1)N(C=O)OC(C)(C)C. The number of likely N-dealkylation sites (tertiary alicyclic amines) is 1. The van der Waals surface area contributed by atoms with Crippen molar-refractivity contribution >= 4 is 18.3 Å². The number of piperidine rings is 1. The third-order valence-corrected chi connectivity index (χ3v) is 4.79. The van der Waals surface area contributed by atoms with Gasteiger partial charge >= 0.3 is 11.9 Å². The molecule has 0 saturated carbocycles. The van der Waals surface area contributed by atoms with Crippen molar-refractivity contribution in [2.24, 2.45) is 0 Å². The third-order valence-electron chi connectivity index (χ3n) is 4.79. The van der Waals surface area contributed by atoms with Gasteiger partial charge in [0.2, 0.25) is 6.41 Å². The second kappa shape index (κ2) is 12.8. The fraction of sp³-hybridized carbons (Fsp3) is 0.864. The predicted molar refractivity (Wildman–Crippen MR) is 121 cm³/mol. The lowest BCUT2D eigenvalue weighted by molar-refractivity contribution is -0.769. The van der Waals surface area contributed by atoms with Gasteiger partial charge in [-0.1, -0.05) is 6.92 Å². The highest BCUT2D eigenvalue weighted by Crippen LogP contribution is 2.25. The van der Waals surface area contributed by atoms with Crippen LogP contribution in [-0.4, -0.2) is 82.5 Å². The standard InChI is InChI=1S/C22H39N3O9/c1-8-13-31-20(28)19(24(15-26)34-22(5,6)7)17(14-18(27)32-21(2,3)4)23-11-9-16(10-12-23)33-25(29)30/h15-17,19H,8-14H2,1-7H3/t17?,19-/m0/s1. The zero-order valence-corrected chi connectivity index (χ0v) is 21.3. The topological polar surface area (TPSA) is 138 Å². The lowest BCUT2D eigenvalue weighted by atomic mass is 9.98. The van der Waals surface area contributed by atoms with Gasteiger partial charge in [-0.25, -0.2) is 9.86 Å². The van der Waals surface area contributed by atoms with Crippen LogP contribution in [0.4, 0.5) is 0 Å². The van der Waals surface area contributed by atoms with E-state index >= 15 is 0 Å². The molecular formula is C22H39N3O9. The Balaban J connectivity index is 3.30. The van der Waals surface area contributed by atoms with Gasteiger partial charge in [-0.2, -0.15) is 0 Å². The van der Waals surface area contributed by atoms with Crippen LogP contribution in [0.25, 0.3) is 0 Å². The maximum Gasteiger partial charge on any atom is 0.333 e. The molecular weight excluding hydrogens is 450 g/mol. The molecule has 2 atom stereocenters. The molecule has 0 aliphatic carbocycles. The smallest absolute Gasteiger partial charge is 0.333 e. The van der Waals surface area contributed by atoms with Crippen LogP contribution in [0.2, 0.25) is 0 Å². The average Bonchev–Trinajstić information content (AvgIpc) is 2.68. The number of amides is 1. The first-order chi connectivity index (χ1) is 15.7. The summed E-state index contributed by atoms with van der Waals surface area (Å²) in [5.41, 5.74) is -1.56. The zero-order valence-electron chi connectivity index (χ0n) is 21.3. The molecule has 0 aromatic heterocycles. The highest BCUT2D eigenvalue weighted by Gasteiger charge is 2.43. The maximum atomic E-state index is 13.2. The molecule has 1 fully saturated rings. The van der Waals surface area contributed by atoms with Crippen molar-refractivity contribution in [3.05, 3.63) is 10.1 Å². The van der Waals surface area contributed by atoms with Crippen molar-refractivity contribution in [2.75, 3.05) is 19.7 Å². The monoisotopic (exact) mass is 489 g/mol. The summed E-state index contributed by atoms with van der Waals surface area (Å²) in [6.45, 7) is 12.9. The molecule has 1 aliphatic heterocycles. The van der Waals surface area contributed by atoms with Gasteiger partial charge in [0.05, 0.1) is 24.7 Å². The van der Waals surface area contributed by atoms with Crippen molar-refractivity contribution in [1.29, 1.82) is 0 Å². The normalized spacial score (nSPS) is 17.4. The van der Waals surface area contributed by atoms with E-state index in [1.807, 2.05) is 11.8 Å². The molecule has 0 bridgehead atoms. The summed E-state index contributed by atoms with van der Waals surface area (Å²) in [6, 6.07) is -2.10. The van der Waals surface area contributed by atoms with Gasteiger partial charge in [0, 0.05) is 13.1 Å². The Morgan fingerprint density at radius 2 is 1.74 bits per heavy atom. The number of nitrogens with zero attached hydrogens (tertiary/aromatic N) is 3. The summed E-state index contributed by atoms with van der Waals surface area (Å²) in [7, 11) is 0. The van der Waals surface area contributed by atoms with E-state index in [0.717, 1.165) is 5.06 Å². The Bertz CT molecular complexity index is 695. The lowest BCUT2D eigenvalue weighted by Gasteiger charge is -2.42. The van der Waals surface area contributed by atoms with Gasteiger partial charge in [0.15, 0.2) is 6.04 Å². The van der Waals surface area contributed by atoms with E-state index in [2.05, 4.69) is 4.84 Å². The van der Waals surface area contributed by atoms with Crippen LogP contribution in [0.5, 0.6) is 0 Å². The maximum absolute atomic E-state index is 13.2. The van der Waals surface area contributed by atoms with E-state index in [1.54, 1.807) is 41.5 Å². The van der Waals surface area contributed by atoms with Crippen LogP contribution >= 0.6 is 0 Å². The first kappa shape index (κ1) is 29.6. The Morgan fingerprint density at radius 3 is 2.18 bits per heavy atom. The second-order valence-corrected chi connectivity index (χ2v) is 10.2. The number of rotatable bonds is 12. The van der Waals surface area contributed by atoms with E-state index in [0.29, 0.717) is 38.8 Å². The van der Waals surface area contributed by atoms with Gasteiger partial charge < -0.3 is 14.3 Å². The van der Waals surface area contributed by atoms with E-state index in [-0.39, 0.29) is 13.0 Å². The number of hydrogen-bond donors (Lipinski definition) is 0. The molecule has 0 aromatic rings. The van der Waals surface area contributed by atoms with Crippen molar-refractivity contribution in [3.63, 3.8) is 0 Å². The minimum Gasteiger partial charge on any atom is -0.464 e. The first-order valence-electron chi connectivity index (χ1n) is 11.5. The van der Waals surface area contributed by atoms with E-state index in [1.165, 1.54) is 0 Å². The van der Waals surface area contributed by atoms with Gasteiger partial charge in [-0.05, 0) is 60.8 Å². The van der Waals surface area contributed by atoms with Crippen molar-refractivity contribution in [1.82, 2.24) is 9.96 Å². The quantitative estimate of drug-likeness (QED) is 0.174. The van der Waals surface area contributed by atoms with Crippen molar-refractivity contribution < 1.29 is 38.6 Å². The average molecular weight is 490 g/mol. The van der Waals surface area contributed by atoms with Crippen LogP contribution in [0, 0.1) is 10.1 Å². The second-order valence-electron chi connectivity index (χ2n) is 10.2. The summed E-state index contributed by atoms with van der Waals surface area (Å²) >= 11 is 0. The van der Waals surface area contributed by atoms with E-state index in [4.69, 9.17) is 14.3 Å². The summed E-state index contributed by atoms with van der Waals surface area (Å²) in [4.78, 5) is 61.0. The fourth-order valence-corrected chi connectivity index (χ4v) is 3.61. The van der Waals surface area contributed by atoms with Crippen molar-refractivity contribution in [3.8, 4) is 0 Å². The lowest BCUT2D eigenvalue weighted by Crippen LogP contribution is -2.59. The molecule has 12 heteroatoms. The zero-order chi connectivity index (χ0) is 26.1. The van der Waals surface area contributed by atoms with Crippen LogP contribution in [0.1, 0.15) is 74.1 Å². The molecule has 196 valence electrons. The van der Waals surface area contributed by atoms with Crippen LogP contribution in [-0.2, 0) is 33.5 Å². The molecule has 0 aromatic carbocycles. The molecule has 1 rings (SSSR count). The largest absolute Gasteiger partial charge is 0.464 e. The summed E-state index contributed by atoms with van der Waals surface area (Å²) in [5, 5.41) is 10.8. The number of carbonyl (C=O) groups excluding carboxylic acids is 3. The van der Waals surface area contributed by atoms with Gasteiger partial charge in [0.25, 0.3) is 5.09 Å². The number of ether oxygens (including phenoxy) is 2. The summed E-state index contributed by atoms with van der Waals surface area (Å²) in [5.74, 6) is -1.27. The third kappa shape index (κ3) is 10.6. The molecule has 12 nitrogen and oxygen atoms in total. The molecule has 0 N–H and O–H groups in total. The van der Waals surface area contributed by atoms with E-state index < -0.39 is 46.4 Å². The Hall–Kier alpha value is -2.47.